The Bertz CT molecular complexity index is 421. The third-order valence-electron chi connectivity index (χ3n) is 3.30. The molecule has 1 aliphatic rings. The van der Waals surface area contributed by atoms with Crippen LogP contribution in [0.5, 0.6) is 0 Å². The van der Waals surface area contributed by atoms with Gasteiger partial charge in [-0.05, 0) is 46.8 Å². The van der Waals surface area contributed by atoms with Gasteiger partial charge in [-0.1, -0.05) is 0 Å². The van der Waals surface area contributed by atoms with Crippen molar-refractivity contribution in [1.82, 2.24) is 4.98 Å². The average molecular weight is 263 g/mol. The highest BCUT2D eigenvalue weighted by molar-refractivity contribution is 5.46. The molecular formula is C15H25N3O. The minimum atomic E-state index is -0.151. The predicted octanol–water partition coefficient (Wildman–Crippen LogP) is 2.50. The van der Waals surface area contributed by atoms with E-state index in [1.54, 1.807) is 0 Å². The molecule has 0 aromatic carbocycles. The van der Waals surface area contributed by atoms with Gasteiger partial charge >= 0.3 is 0 Å². The number of morpholine rings is 1. The summed E-state index contributed by atoms with van der Waals surface area (Å²) in [6, 6.07) is 4.09. The molecule has 0 bridgehead atoms. The molecule has 4 heteroatoms. The first-order valence-electron chi connectivity index (χ1n) is 6.85. The summed E-state index contributed by atoms with van der Waals surface area (Å²) < 4.78 is 6.09. The van der Waals surface area contributed by atoms with Crippen molar-refractivity contribution in [1.29, 1.82) is 0 Å². The van der Waals surface area contributed by atoms with Crippen molar-refractivity contribution in [2.24, 2.45) is 5.73 Å². The number of rotatable bonds is 2. The Kier molecular flexibility index (Phi) is 3.58. The molecule has 0 amide bonds. The maximum Gasteiger partial charge on any atom is 0.0808 e. The number of nitrogens with zero attached hydrogens (tertiary/aromatic N) is 2. The molecular weight excluding hydrogens is 238 g/mol. The summed E-state index contributed by atoms with van der Waals surface area (Å²) in [5.74, 6) is 0. The third-order valence-corrected chi connectivity index (χ3v) is 3.30. The van der Waals surface area contributed by atoms with Gasteiger partial charge < -0.3 is 15.4 Å². The zero-order valence-electron chi connectivity index (χ0n) is 12.6. The second-order valence-electron chi connectivity index (χ2n) is 6.71. The third kappa shape index (κ3) is 3.45. The van der Waals surface area contributed by atoms with E-state index in [2.05, 4.69) is 43.6 Å². The van der Waals surface area contributed by atoms with Crippen LogP contribution >= 0.6 is 0 Å². The standard InChI is InChI=1S/C15H25N3O/c1-11(16)13-7-6-12(8-17-13)18-9-14(2,3)19-15(4,5)10-18/h6-8,11H,9-10,16H2,1-5H3. The minimum Gasteiger partial charge on any atom is -0.366 e. The Hall–Kier alpha value is -1.13. The van der Waals surface area contributed by atoms with Gasteiger partial charge in [-0.15, -0.1) is 0 Å². The van der Waals surface area contributed by atoms with Crippen molar-refractivity contribution >= 4 is 5.69 Å². The monoisotopic (exact) mass is 263 g/mol. The van der Waals surface area contributed by atoms with Crippen molar-refractivity contribution in [3.63, 3.8) is 0 Å². The summed E-state index contributed by atoms with van der Waals surface area (Å²) in [5, 5.41) is 0. The van der Waals surface area contributed by atoms with Crippen molar-refractivity contribution in [2.75, 3.05) is 18.0 Å². The van der Waals surface area contributed by atoms with Gasteiger partial charge in [0.15, 0.2) is 0 Å². The molecule has 0 saturated carbocycles. The highest BCUT2D eigenvalue weighted by Gasteiger charge is 2.38. The van der Waals surface area contributed by atoms with E-state index in [0.717, 1.165) is 24.5 Å². The Balaban J connectivity index is 2.21. The lowest BCUT2D eigenvalue weighted by atomic mass is 9.98. The molecule has 4 nitrogen and oxygen atoms in total. The predicted molar refractivity (Wildman–Crippen MR) is 78.3 cm³/mol. The number of anilines is 1. The van der Waals surface area contributed by atoms with Gasteiger partial charge in [0, 0.05) is 19.1 Å². The molecule has 1 fully saturated rings. The smallest absolute Gasteiger partial charge is 0.0808 e. The molecule has 1 saturated heterocycles. The molecule has 1 atom stereocenters. The second kappa shape index (κ2) is 4.76. The molecule has 1 aromatic heterocycles. The first-order valence-corrected chi connectivity index (χ1v) is 6.85. The SMILES string of the molecule is CC(N)c1ccc(N2CC(C)(C)OC(C)(C)C2)cn1. The fraction of sp³-hybridized carbons (Fsp3) is 0.667. The largest absolute Gasteiger partial charge is 0.366 e. The van der Waals surface area contributed by atoms with Crippen LogP contribution in [-0.2, 0) is 4.74 Å². The first-order chi connectivity index (χ1) is 8.69. The van der Waals surface area contributed by atoms with Crippen LogP contribution in [0.4, 0.5) is 5.69 Å². The maximum absolute atomic E-state index is 6.09. The van der Waals surface area contributed by atoms with Crippen LogP contribution in [-0.4, -0.2) is 29.3 Å². The van der Waals surface area contributed by atoms with E-state index in [1.165, 1.54) is 0 Å². The van der Waals surface area contributed by atoms with Crippen molar-refractivity contribution < 1.29 is 4.74 Å². The quantitative estimate of drug-likeness (QED) is 0.890. The van der Waals surface area contributed by atoms with Gasteiger partial charge in [-0.25, -0.2) is 0 Å². The summed E-state index contributed by atoms with van der Waals surface area (Å²) in [4.78, 5) is 6.78. The van der Waals surface area contributed by atoms with E-state index in [4.69, 9.17) is 10.5 Å². The van der Waals surface area contributed by atoms with Crippen LogP contribution < -0.4 is 10.6 Å². The molecule has 0 aliphatic carbocycles. The number of ether oxygens (including phenoxy) is 1. The molecule has 0 radical (unpaired) electrons. The highest BCUT2D eigenvalue weighted by Crippen LogP contribution is 2.31. The van der Waals surface area contributed by atoms with Crippen LogP contribution in [0.3, 0.4) is 0 Å². The van der Waals surface area contributed by atoms with Gasteiger partial charge in [-0.3, -0.25) is 4.98 Å². The number of nitrogens with two attached hydrogens (primary N) is 1. The number of hydrogen-bond acceptors (Lipinski definition) is 4. The lowest BCUT2D eigenvalue weighted by Gasteiger charge is -2.48. The van der Waals surface area contributed by atoms with Crippen LogP contribution in [0.1, 0.15) is 46.4 Å². The minimum absolute atomic E-state index is 0.0216. The van der Waals surface area contributed by atoms with Crippen molar-refractivity contribution in [3.8, 4) is 0 Å². The molecule has 2 rings (SSSR count). The molecule has 0 spiro atoms. The molecule has 1 aliphatic heterocycles. The zero-order chi connectivity index (χ0) is 14.3. The van der Waals surface area contributed by atoms with E-state index < -0.39 is 0 Å². The number of aromatic nitrogens is 1. The van der Waals surface area contributed by atoms with Gasteiger partial charge in [0.1, 0.15) is 0 Å². The van der Waals surface area contributed by atoms with Crippen LogP contribution in [0, 0.1) is 0 Å². The Morgan fingerprint density at radius 2 is 1.79 bits per heavy atom. The Labute approximate surface area is 116 Å². The average Bonchev–Trinajstić information content (AvgIpc) is 2.25. The van der Waals surface area contributed by atoms with Gasteiger partial charge in [0.25, 0.3) is 0 Å². The Morgan fingerprint density at radius 3 is 2.21 bits per heavy atom. The van der Waals surface area contributed by atoms with E-state index >= 15 is 0 Å². The van der Waals surface area contributed by atoms with E-state index in [0.29, 0.717) is 0 Å². The molecule has 2 N–H and O–H groups in total. The van der Waals surface area contributed by atoms with E-state index in [1.807, 2.05) is 19.2 Å². The summed E-state index contributed by atoms with van der Waals surface area (Å²) in [6.07, 6.45) is 1.91. The topological polar surface area (TPSA) is 51.4 Å². The van der Waals surface area contributed by atoms with Crippen LogP contribution in [0.25, 0.3) is 0 Å². The summed E-state index contributed by atoms with van der Waals surface area (Å²) in [6.45, 7) is 12.2. The lowest BCUT2D eigenvalue weighted by molar-refractivity contribution is -0.133. The molecule has 1 aromatic rings. The van der Waals surface area contributed by atoms with Gasteiger partial charge in [0.05, 0.1) is 28.8 Å². The zero-order valence-corrected chi connectivity index (χ0v) is 12.6. The van der Waals surface area contributed by atoms with E-state index in [9.17, 15) is 0 Å². The number of pyridine rings is 1. The summed E-state index contributed by atoms with van der Waals surface area (Å²) in [5.41, 5.74) is 7.59. The Morgan fingerprint density at radius 1 is 1.21 bits per heavy atom. The second-order valence-corrected chi connectivity index (χ2v) is 6.71. The molecule has 1 unspecified atom stereocenters. The van der Waals surface area contributed by atoms with Crippen LogP contribution in [0.2, 0.25) is 0 Å². The van der Waals surface area contributed by atoms with Gasteiger partial charge in [-0.2, -0.15) is 0 Å². The number of hydrogen-bond donors (Lipinski definition) is 1. The normalized spacial score (nSPS) is 23.2. The van der Waals surface area contributed by atoms with Crippen molar-refractivity contribution in [2.45, 2.75) is 51.9 Å². The summed E-state index contributed by atoms with van der Waals surface area (Å²) >= 11 is 0. The van der Waals surface area contributed by atoms with E-state index in [-0.39, 0.29) is 17.2 Å². The maximum atomic E-state index is 6.09. The summed E-state index contributed by atoms with van der Waals surface area (Å²) in [7, 11) is 0. The highest BCUT2D eigenvalue weighted by atomic mass is 16.5. The van der Waals surface area contributed by atoms with Crippen LogP contribution in [0.15, 0.2) is 18.3 Å². The molecule has 106 valence electrons. The lowest BCUT2D eigenvalue weighted by Crippen LogP contribution is -2.57. The fourth-order valence-electron chi connectivity index (χ4n) is 2.82. The molecule has 19 heavy (non-hydrogen) atoms. The van der Waals surface area contributed by atoms with Gasteiger partial charge in [0.2, 0.25) is 0 Å². The van der Waals surface area contributed by atoms with Crippen molar-refractivity contribution in [3.05, 3.63) is 24.0 Å². The fourth-order valence-corrected chi connectivity index (χ4v) is 2.82. The molecule has 2 heterocycles. The first kappa shape index (κ1) is 14.3.